The van der Waals surface area contributed by atoms with Crippen molar-refractivity contribution in [3.05, 3.63) is 18.6 Å². The van der Waals surface area contributed by atoms with Crippen LogP contribution in [-0.4, -0.2) is 27.0 Å². The largest absolute Gasteiger partial charge is 0.481 e. The Kier molecular flexibility index (Phi) is 2.72. The van der Waals surface area contributed by atoms with Crippen molar-refractivity contribution >= 4 is 17.7 Å². The van der Waals surface area contributed by atoms with Gasteiger partial charge in [0.2, 0.25) is 0 Å². The topological polar surface area (TPSA) is 89.4 Å². The summed E-state index contributed by atoms with van der Waals surface area (Å²) in [7, 11) is 0. The molecule has 2 aromatic heterocycles. The fraction of sp³-hybridized carbons (Fsp3) is 0.125. The summed E-state index contributed by atoms with van der Waals surface area (Å²) < 4.78 is 10.0. The monoisotopic (exact) mass is 226 g/mol. The summed E-state index contributed by atoms with van der Waals surface area (Å²) in [6.45, 7) is 0. The minimum absolute atomic E-state index is 0.104. The van der Waals surface area contributed by atoms with Gasteiger partial charge in [-0.15, -0.1) is 10.2 Å². The van der Waals surface area contributed by atoms with E-state index in [0.29, 0.717) is 11.5 Å². The molecule has 2 rings (SSSR count). The molecule has 15 heavy (non-hydrogen) atoms. The number of rotatable bonds is 4. The van der Waals surface area contributed by atoms with Crippen LogP contribution in [0.5, 0.6) is 0 Å². The van der Waals surface area contributed by atoms with Crippen LogP contribution in [-0.2, 0) is 4.79 Å². The molecular formula is C8H6N2O4S. The molecule has 0 unspecified atom stereocenters. The maximum absolute atomic E-state index is 10.3. The Bertz CT molecular complexity index is 451. The summed E-state index contributed by atoms with van der Waals surface area (Å²) in [5.74, 6) is -0.716. The third-order valence-electron chi connectivity index (χ3n) is 1.49. The van der Waals surface area contributed by atoms with Crippen molar-refractivity contribution in [2.75, 3.05) is 5.75 Å². The van der Waals surface area contributed by atoms with Crippen LogP contribution < -0.4 is 0 Å². The Hall–Kier alpha value is -1.76. The molecule has 0 spiro atoms. The SMILES string of the molecule is O=C(O)CSc1nnc(-c2ccoc2)o1. The summed E-state index contributed by atoms with van der Waals surface area (Å²) in [5.41, 5.74) is 0.671. The van der Waals surface area contributed by atoms with Crippen molar-refractivity contribution < 1.29 is 18.7 Å². The van der Waals surface area contributed by atoms with E-state index in [1.54, 1.807) is 6.07 Å². The van der Waals surface area contributed by atoms with Crippen molar-refractivity contribution in [3.8, 4) is 11.5 Å². The average Bonchev–Trinajstić information content (AvgIpc) is 2.85. The lowest BCUT2D eigenvalue weighted by Gasteiger charge is -1.88. The molecule has 78 valence electrons. The number of aliphatic carboxylic acids is 1. The molecule has 0 saturated heterocycles. The average molecular weight is 226 g/mol. The molecule has 0 aliphatic heterocycles. The van der Waals surface area contributed by atoms with Crippen LogP contribution in [0.2, 0.25) is 0 Å². The minimum atomic E-state index is -0.928. The van der Waals surface area contributed by atoms with E-state index in [9.17, 15) is 4.79 Å². The van der Waals surface area contributed by atoms with E-state index >= 15 is 0 Å². The first-order chi connectivity index (χ1) is 7.25. The highest BCUT2D eigenvalue weighted by molar-refractivity contribution is 7.99. The molecule has 1 N–H and O–H groups in total. The zero-order chi connectivity index (χ0) is 10.7. The second-order valence-electron chi connectivity index (χ2n) is 2.57. The maximum Gasteiger partial charge on any atom is 0.314 e. The van der Waals surface area contributed by atoms with Crippen molar-refractivity contribution in [2.24, 2.45) is 0 Å². The Balaban J connectivity index is 2.08. The Morgan fingerprint density at radius 3 is 3.07 bits per heavy atom. The molecule has 2 aromatic rings. The van der Waals surface area contributed by atoms with Gasteiger partial charge in [0.25, 0.3) is 11.1 Å². The van der Waals surface area contributed by atoms with Gasteiger partial charge in [-0.2, -0.15) is 0 Å². The van der Waals surface area contributed by atoms with Crippen molar-refractivity contribution in [3.63, 3.8) is 0 Å². The van der Waals surface area contributed by atoms with E-state index in [0.717, 1.165) is 11.8 Å². The first-order valence-corrected chi connectivity index (χ1v) is 4.95. The molecule has 0 bridgehead atoms. The van der Waals surface area contributed by atoms with E-state index in [1.165, 1.54) is 12.5 Å². The predicted octanol–water partition coefficient (Wildman–Crippen LogP) is 1.51. The summed E-state index contributed by atoms with van der Waals surface area (Å²) >= 11 is 0.976. The Morgan fingerprint density at radius 2 is 2.40 bits per heavy atom. The summed E-state index contributed by atoms with van der Waals surface area (Å²) in [4.78, 5) is 10.3. The van der Waals surface area contributed by atoms with Crippen LogP contribution in [0, 0.1) is 0 Å². The van der Waals surface area contributed by atoms with Crippen molar-refractivity contribution in [2.45, 2.75) is 5.22 Å². The lowest BCUT2D eigenvalue weighted by Crippen LogP contribution is -1.97. The van der Waals surface area contributed by atoms with Gasteiger partial charge in [-0.1, -0.05) is 11.8 Å². The summed E-state index contributed by atoms with van der Waals surface area (Å²) in [5, 5.41) is 16.1. The molecule has 0 aliphatic carbocycles. The van der Waals surface area contributed by atoms with Gasteiger partial charge in [0, 0.05) is 0 Å². The number of carboxylic acid groups (broad SMARTS) is 1. The maximum atomic E-state index is 10.3. The fourth-order valence-corrected chi connectivity index (χ4v) is 1.38. The quantitative estimate of drug-likeness (QED) is 0.790. The number of hydrogen-bond donors (Lipinski definition) is 1. The molecule has 2 heterocycles. The molecule has 0 atom stereocenters. The third kappa shape index (κ3) is 2.38. The number of aromatic nitrogens is 2. The molecule has 6 nitrogen and oxygen atoms in total. The molecule has 0 saturated carbocycles. The molecule has 0 fully saturated rings. The number of carbonyl (C=O) groups is 1. The second-order valence-corrected chi connectivity index (χ2v) is 3.49. The molecule has 0 amide bonds. The van der Waals surface area contributed by atoms with E-state index in [-0.39, 0.29) is 11.0 Å². The number of hydrogen-bond acceptors (Lipinski definition) is 6. The van der Waals surface area contributed by atoms with Crippen LogP contribution in [0.25, 0.3) is 11.5 Å². The number of furan rings is 1. The van der Waals surface area contributed by atoms with Crippen LogP contribution in [0.1, 0.15) is 0 Å². The second kappa shape index (κ2) is 4.18. The van der Waals surface area contributed by atoms with Crippen molar-refractivity contribution in [1.29, 1.82) is 0 Å². The highest BCUT2D eigenvalue weighted by Gasteiger charge is 2.10. The van der Waals surface area contributed by atoms with Gasteiger partial charge < -0.3 is 13.9 Å². The lowest BCUT2D eigenvalue weighted by atomic mass is 10.3. The van der Waals surface area contributed by atoms with Gasteiger partial charge >= 0.3 is 5.97 Å². The van der Waals surface area contributed by atoms with Gasteiger partial charge in [-0.05, 0) is 6.07 Å². The van der Waals surface area contributed by atoms with Crippen LogP contribution in [0.4, 0.5) is 0 Å². The van der Waals surface area contributed by atoms with E-state index < -0.39 is 5.97 Å². The first-order valence-electron chi connectivity index (χ1n) is 3.96. The third-order valence-corrected chi connectivity index (χ3v) is 2.30. The standard InChI is InChI=1S/C8H6N2O4S/c11-6(12)4-15-8-10-9-7(14-8)5-1-2-13-3-5/h1-3H,4H2,(H,11,12). The molecule has 0 aliphatic rings. The normalized spacial score (nSPS) is 10.4. The number of nitrogens with zero attached hydrogens (tertiary/aromatic N) is 2. The van der Waals surface area contributed by atoms with Crippen molar-refractivity contribution in [1.82, 2.24) is 10.2 Å². The Labute approximate surface area is 88.3 Å². The predicted molar refractivity (Wildman–Crippen MR) is 50.4 cm³/mol. The van der Waals surface area contributed by atoms with Crippen LogP contribution in [0.15, 0.2) is 32.6 Å². The lowest BCUT2D eigenvalue weighted by molar-refractivity contribution is -0.133. The molecule has 0 radical (unpaired) electrons. The highest BCUT2D eigenvalue weighted by Crippen LogP contribution is 2.22. The zero-order valence-corrected chi connectivity index (χ0v) is 8.23. The summed E-state index contributed by atoms with van der Waals surface area (Å²) in [6.07, 6.45) is 2.96. The van der Waals surface area contributed by atoms with Gasteiger partial charge in [-0.25, -0.2) is 0 Å². The fourth-order valence-electron chi connectivity index (χ4n) is 0.894. The summed E-state index contributed by atoms with van der Waals surface area (Å²) in [6, 6.07) is 1.68. The number of thioether (sulfide) groups is 1. The molecule has 7 heteroatoms. The minimum Gasteiger partial charge on any atom is -0.481 e. The molecule has 0 aromatic carbocycles. The van der Waals surface area contributed by atoms with Gasteiger partial charge in [0.05, 0.1) is 11.8 Å². The van der Waals surface area contributed by atoms with Crippen LogP contribution in [0.3, 0.4) is 0 Å². The van der Waals surface area contributed by atoms with Crippen LogP contribution >= 0.6 is 11.8 Å². The smallest absolute Gasteiger partial charge is 0.314 e. The number of carboxylic acids is 1. The molecular weight excluding hydrogens is 220 g/mol. The van der Waals surface area contributed by atoms with E-state index in [2.05, 4.69) is 10.2 Å². The first kappa shape index (κ1) is 9.78. The van der Waals surface area contributed by atoms with E-state index in [1.807, 2.05) is 0 Å². The Morgan fingerprint density at radius 1 is 1.53 bits per heavy atom. The van der Waals surface area contributed by atoms with Gasteiger partial charge in [-0.3, -0.25) is 4.79 Å². The zero-order valence-electron chi connectivity index (χ0n) is 7.41. The highest BCUT2D eigenvalue weighted by atomic mass is 32.2. The van der Waals surface area contributed by atoms with Gasteiger partial charge in [0.15, 0.2) is 0 Å². The van der Waals surface area contributed by atoms with Gasteiger partial charge in [0.1, 0.15) is 12.0 Å². The van der Waals surface area contributed by atoms with E-state index in [4.69, 9.17) is 13.9 Å².